The monoisotopic (exact) mass is 383 g/mol. The van der Waals surface area contributed by atoms with Gasteiger partial charge >= 0.3 is 0 Å². The Kier molecular flexibility index (Phi) is 4.17. The number of aromatic nitrogens is 5. The van der Waals surface area contributed by atoms with E-state index >= 15 is 0 Å². The number of rotatable bonds is 4. The number of aryl methyl sites for hydroxylation is 1. The van der Waals surface area contributed by atoms with Crippen LogP contribution in [0.3, 0.4) is 0 Å². The van der Waals surface area contributed by atoms with Gasteiger partial charge in [0.25, 0.3) is 0 Å². The molecule has 0 amide bonds. The number of benzene rings is 2. The van der Waals surface area contributed by atoms with Crippen molar-refractivity contribution in [3.63, 3.8) is 0 Å². The van der Waals surface area contributed by atoms with E-state index in [2.05, 4.69) is 15.2 Å². The van der Waals surface area contributed by atoms with Gasteiger partial charge < -0.3 is 4.57 Å². The summed E-state index contributed by atoms with van der Waals surface area (Å²) in [5, 5.41) is 8.56. The first-order valence-corrected chi connectivity index (χ1v) is 9.36. The van der Waals surface area contributed by atoms with Crippen molar-refractivity contribution in [3.8, 4) is 22.5 Å². The van der Waals surface area contributed by atoms with Crippen LogP contribution in [0.2, 0.25) is 0 Å². The fourth-order valence-electron chi connectivity index (χ4n) is 3.64. The fraction of sp³-hybridized carbons (Fsp3) is 0.0870. The second-order valence-electron chi connectivity index (χ2n) is 7.00. The Bertz CT molecular complexity index is 1280. The zero-order valence-corrected chi connectivity index (χ0v) is 15.8. The molecule has 3 heterocycles. The highest BCUT2D eigenvalue weighted by molar-refractivity contribution is 5.79. The number of imidazole rings is 1. The predicted molar refractivity (Wildman–Crippen MR) is 110 cm³/mol. The van der Waals surface area contributed by atoms with Gasteiger partial charge in [-0.25, -0.2) is 9.37 Å². The molecule has 0 spiro atoms. The summed E-state index contributed by atoms with van der Waals surface area (Å²) in [7, 11) is 0. The summed E-state index contributed by atoms with van der Waals surface area (Å²) in [6.45, 7) is 2.36. The van der Waals surface area contributed by atoms with Crippen molar-refractivity contribution in [1.29, 1.82) is 0 Å². The van der Waals surface area contributed by atoms with E-state index in [-0.39, 0.29) is 5.82 Å². The van der Waals surface area contributed by atoms with Crippen molar-refractivity contribution < 1.29 is 4.39 Å². The van der Waals surface area contributed by atoms with Crippen molar-refractivity contribution in [1.82, 2.24) is 24.1 Å². The summed E-state index contributed by atoms with van der Waals surface area (Å²) < 4.78 is 18.2. The van der Waals surface area contributed by atoms with Crippen molar-refractivity contribution in [3.05, 3.63) is 96.5 Å². The van der Waals surface area contributed by atoms with Gasteiger partial charge in [0, 0.05) is 17.3 Å². The molecule has 6 heteroatoms. The zero-order chi connectivity index (χ0) is 19.8. The van der Waals surface area contributed by atoms with E-state index in [0.717, 1.165) is 39.5 Å². The molecule has 0 aliphatic rings. The molecule has 0 saturated heterocycles. The summed E-state index contributed by atoms with van der Waals surface area (Å²) in [6, 6.07) is 20.8. The van der Waals surface area contributed by atoms with E-state index in [1.54, 1.807) is 12.4 Å². The zero-order valence-electron chi connectivity index (χ0n) is 15.8. The van der Waals surface area contributed by atoms with Crippen molar-refractivity contribution in [2.75, 3.05) is 0 Å². The number of nitrogens with zero attached hydrogens (tertiary/aromatic N) is 5. The molecule has 5 aromatic rings. The van der Waals surface area contributed by atoms with Crippen LogP contribution in [-0.2, 0) is 6.54 Å². The van der Waals surface area contributed by atoms with Crippen LogP contribution in [0.15, 0.2) is 79.3 Å². The number of fused-ring (bicyclic) bond motifs is 1. The number of pyridine rings is 1. The standard InChI is InChI=1S/C23H18FN5/c1-16-11-18(13-19(24)12-16)23-22(17-7-3-2-4-8-17)25-15-28(23)14-21-27-26-20-9-5-6-10-29(20)21/h2-13,15H,14H2,1H3. The Morgan fingerprint density at radius 3 is 2.55 bits per heavy atom. The summed E-state index contributed by atoms with van der Waals surface area (Å²) in [5.41, 5.74) is 5.08. The van der Waals surface area contributed by atoms with Gasteiger partial charge in [-0.05, 0) is 42.8 Å². The highest BCUT2D eigenvalue weighted by Gasteiger charge is 2.18. The van der Waals surface area contributed by atoms with Gasteiger partial charge in [-0.1, -0.05) is 36.4 Å². The maximum Gasteiger partial charge on any atom is 0.160 e. The quantitative estimate of drug-likeness (QED) is 0.450. The average Bonchev–Trinajstić information content (AvgIpc) is 3.33. The van der Waals surface area contributed by atoms with E-state index in [1.807, 2.05) is 76.7 Å². The molecule has 3 aromatic heterocycles. The largest absolute Gasteiger partial charge is 0.322 e. The molecular weight excluding hydrogens is 365 g/mol. The third-order valence-electron chi connectivity index (χ3n) is 4.90. The maximum atomic E-state index is 14.2. The summed E-state index contributed by atoms with van der Waals surface area (Å²) in [4.78, 5) is 4.67. The first kappa shape index (κ1) is 17.3. The second kappa shape index (κ2) is 6.98. The molecule has 0 aliphatic carbocycles. The second-order valence-corrected chi connectivity index (χ2v) is 7.00. The molecule has 0 unspecified atom stereocenters. The van der Waals surface area contributed by atoms with Crippen LogP contribution in [0, 0.1) is 12.7 Å². The minimum Gasteiger partial charge on any atom is -0.322 e. The van der Waals surface area contributed by atoms with Gasteiger partial charge in [-0.3, -0.25) is 4.40 Å². The Morgan fingerprint density at radius 2 is 1.72 bits per heavy atom. The van der Waals surface area contributed by atoms with Gasteiger partial charge in [0.2, 0.25) is 0 Å². The van der Waals surface area contributed by atoms with Crippen LogP contribution >= 0.6 is 0 Å². The molecule has 0 fully saturated rings. The SMILES string of the molecule is Cc1cc(F)cc(-c2c(-c3ccccc3)ncn2Cc2nnc3ccccn23)c1. The Hall–Kier alpha value is -3.80. The number of halogens is 1. The van der Waals surface area contributed by atoms with Gasteiger partial charge in [0.05, 0.1) is 24.3 Å². The van der Waals surface area contributed by atoms with Crippen LogP contribution in [0.25, 0.3) is 28.2 Å². The Labute approximate surface area is 167 Å². The van der Waals surface area contributed by atoms with Crippen molar-refractivity contribution in [2.24, 2.45) is 0 Å². The van der Waals surface area contributed by atoms with Crippen molar-refractivity contribution >= 4 is 5.65 Å². The molecule has 5 nitrogen and oxygen atoms in total. The lowest BCUT2D eigenvalue weighted by Gasteiger charge is -2.11. The molecule has 0 saturated carbocycles. The molecule has 29 heavy (non-hydrogen) atoms. The highest BCUT2D eigenvalue weighted by atomic mass is 19.1. The normalized spacial score (nSPS) is 11.2. The molecule has 0 atom stereocenters. The van der Waals surface area contributed by atoms with E-state index in [9.17, 15) is 4.39 Å². The third kappa shape index (κ3) is 3.18. The van der Waals surface area contributed by atoms with Crippen LogP contribution in [-0.4, -0.2) is 24.1 Å². The first-order chi connectivity index (χ1) is 14.2. The molecule has 142 valence electrons. The van der Waals surface area contributed by atoms with Gasteiger partial charge in [0.1, 0.15) is 5.82 Å². The highest BCUT2D eigenvalue weighted by Crippen LogP contribution is 2.32. The molecule has 2 aromatic carbocycles. The molecule has 0 N–H and O–H groups in total. The van der Waals surface area contributed by atoms with E-state index in [1.165, 1.54) is 6.07 Å². The lowest BCUT2D eigenvalue weighted by Crippen LogP contribution is -2.05. The van der Waals surface area contributed by atoms with Crippen molar-refractivity contribution in [2.45, 2.75) is 13.5 Å². The summed E-state index contributed by atoms with van der Waals surface area (Å²) in [6.07, 6.45) is 3.72. The van der Waals surface area contributed by atoms with Gasteiger partial charge in [-0.2, -0.15) is 0 Å². The van der Waals surface area contributed by atoms with E-state index < -0.39 is 0 Å². The predicted octanol–water partition coefficient (Wildman–Crippen LogP) is 4.76. The molecule has 5 rings (SSSR count). The lowest BCUT2D eigenvalue weighted by atomic mass is 10.0. The van der Waals surface area contributed by atoms with Crippen LogP contribution < -0.4 is 0 Å². The van der Waals surface area contributed by atoms with Gasteiger partial charge in [0.15, 0.2) is 11.5 Å². The first-order valence-electron chi connectivity index (χ1n) is 9.36. The molecule has 0 bridgehead atoms. The van der Waals surface area contributed by atoms with E-state index in [0.29, 0.717) is 6.54 Å². The molecule has 0 aliphatic heterocycles. The smallest absolute Gasteiger partial charge is 0.160 e. The topological polar surface area (TPSA) is 48.0 Å². The number of hydrogen-bond acceptors (Lipinski definition) is 3. The van der Waals surface area contributed by atoms with Crippen LogP contribution in [0.1, 0.15) is 11.4 Å². The maximum absolute atomic E-state index is 14.2. The molecule has 0 radical (unpaired) electrons. The van der Waals surface area contributed by atoms with Gasteiger partial charge in [-0.15, -0.1) is 10.2 Å². The fourth-order valence-corrected chi connectivity index (χ4v) is 3.64. The molecular formula is C23H18FN5. The third-order valence-corrected chi connectivity index (χ3v) is 4.90. The average molecular weight is 383 g/mol. The lowest BCUT2D eigenvalue weighted by molar-refractivity contribution is 0.627. The van der Waals surface area contributed by atoms with Crippen LogP contribution in [0.5, 0.6) is 0 Å². The minimum atomic E-state index is -0.264. The summed E-state index contributed by atoms with van der Waals surface area (Å²) >= 11 is 0. The Balaban J connectivity index is 1.68. The minimum absolute atomic E-state index is 0.264. The van der Waals surface area contributed by atoms with E-state index in [4.69, 9.17) is 0 Å². The Morgan fingerprint density at radius 1 is 0.897 bits per heavy atom. The number of hydrogen-bond donors (Lipinski definition) is 0. The van der Waals surface area contributed by atoms with Crippen LogP contribution in [0.4, 0.5) is 4.39 Å². The summed E-state index contributed by atoms with van der Waals surface area (Å²) in [5.74, 6) is 0.520.